The van der Waals surface area contributed by atoms with Crippen molar-refractivity contribution in [3.63, 3.8) is 0 Å². The molecule has 4 aliphatic rings. The molecule has 7 heteroatoms. The number of rotatable bonds is 6. The lowest BCUT2D eigenvalue weighted by Crippen LogP contribution is -2.54. The van der Waals surface area contributed by atoms with Gasteiger partial charge in [0.15, 0.2) is 6.61 Å². The molecular weight excluding hydrogens is 478 g/mol. The molecule has 0 aliphatic heterocycles. The summed E-state index contributed by atoms with van der Waals surface area (Å²) in [5.41, 5.74) is 2.86. The number of nitrogens with one attached hydrogen (secondary N) is 1. The molecule has 0 saturated heterocycles. The number of fused-ring (bicyclic) bond motifs is 5. The molecule has 3 fully saturated rings. The summed E-state index contributed by atoms with van der Waals surface area (Å²) >= 11 is 0. The van der Waals surface area contributed by atoms with Crippen LogP contribution in [0.25, 0.3) is 0 Å². The quantitative estimate of drug-likeness (QED) is 0.385. The zero-order valence-corrected chi connectivity index (χ0v) is 22.9. The lowest BCUT2D eigenvalue weighted by molar-refractivity contribution is -0.126. The standard InChI is InChI=1S/C31H41N3O4/c1-5-31(37)15-12-26-24-9-8-22-16-23(10-13-29(22,3)25(24)11-14-30(26,31)4)34-38-19-28(36)33-18-27(35)21-7-6-20(2)32-17-21/h1,6-7,16-17,24-27,35,37H,8-15,18-19H2,2-4H3,(H,33,36)/b34-23-/t24-,25+,26+,27-,29+,30+,31-/m1/s1. The van der Waals surface area contributed by atoms with Crippen molar-refractivity contribution in [2.75, 3.05) is 13.2 Å². The fourth-order valence-electron chi connectivity index (χ4n) is 8.13. The molecule has 1 heterocycles. The van der Waals surface area contributed by atoms with Crippen LogP contribution in [0.3, 0.4) is 0 Å². The second-order valence-corrected chi connectivity index (χ2v) is 12.4. The van der Waals surface area contributed by atoms with Crippen LogP contribution in [0.15, 0.2) is 35.1 Å². The van der Waals surface area contributed by atoms with Gasteiger partial charge < -0.3 is 20.4 Å². The van der Waals surface area contributed by atoms with Crippen LogP contribution in [0.5, 0.6) is 0 Å². The van der Waals surface area contributed by atoms with E-state index in [1.807, 2.05) is 13.0 Å². The Morgan fingerprint density at radius 2 is 2.03 bits per heavy atom. The van der Waals surface area contributed by atoms with Crippen LogP contribution < -0.4 is 5.32 Å². The number of allylic oxidation sites excluding steroid dienone is 2. The molecule has 3 saturated carbocycles. The number of hydrogen-bond acceptors (Lipinski definition) is 6. The molecule has 1 aromatic heterocycles. The average molecular weight is 520 g/mol. The zero-order valence-electron chi connectivity index (χ0n) is 22.9. The Kier molecular flexibility index (Phi) is 7.17. The van der Waals surface area contributed by atoms with Gasteiger partial charge >= 0.3 is 0 Å². The SMILES string of the molecule is C#C[C@@]1(O)CC[C@H]2[C@@H]3CCC4=C/C(=N\OCC(=O)NC[C@@H](O)c5ccc(C)nc5)CC[C@]4(C)[C@H]3CC[C@@]21C. The van der Waals surface area contributed by atoms with Crippen molar-refractivity contribution < 1.29 is 19.8 Å². The third-order valence-electron chi connectivity index (χ3n) is 10.6. The normalized spacial score (nSPS) is 37.7. The molecule has 38 heavy (non-hydrogen) atoms. The van der Waals surface area contributed by atoms with Crippen molar-refractivity contribution in [3.05, 3.63) is 41.2 Å². The van der Waals surface area contributed by atoms with Crippen LogP contribution in [0, 0.1) is 47.9 Å². The minimum absolute atomic E-state index is 0.0905. The lowest BCUT2D eigenvalue weighted by atomic mass is 9.46. The van der Waals surface area contributed by atoms with Crippen LogP contribution in [0.4, 0.5) is 0 Å². The van der Waals surface area contributed by atoms with E-state index in [0.29, 0.717) is 23.3 Å². The predicted octanol–water partition coefficient (Wildman–Crippen LogP) is 4.24. The molecular formula is C31H41N3O4. The van der Waals surface area contributed by atoms with Gasteiger partial charge in [-0.3, -0.25) is 9.78 Å². The average Bonchev–Trinajstić information content (AvgIpc) is 3.18. The third kappa shape index (κ3) is 4.56. The molecule has 7 atom stereocenters. The number of terminal acetylenes is 1. The first-order valence-corrected chi connectivity index (χ1v) is 14.1. The van der Waals surface area contributed by atoms with Crippen molar-refractivity contribution in [1.29, 1.82) is 0 Å². The van der Waals surface area contributed by atoms with Crippen LogP contribution >= 0.6 is 0 Å². The predicted molar refractivity (Wildman–Crippen MR) is 146 cm³/mol. The lowest BCUT2D eigenvalue weighted by Gasteiger charge is -2.58. The molecule has 1 aromatic rings. The summed E-state index contributed by atoms with van der Waals surface area (Å²) in [6.45, 7) is 6.43. The van der Waals surface area contributed by atoms with E-state index in [1.54, 1.807) is 12.3 Å². The Labute approximate surface area is 226 Å². The molecule has 1 amide bonds. The molecule has 4 aliphatic carbocycles. The zero-order chi connectivity index (χ0) is 27.1. The van der Waals surface area contributed by atoms with Crippen LogP contribution in [-0.4, -0.2) is 45.6 Å². The fraction of sp³-hybridized carbons (Fsp3) is 0.645. The Morgan fingerprint density at radius 1 is 1.24 bits per heavy atom. The van der Waals surface area contributed by atoms with Gasteiger partial charge in [0.05, 0.1) is 11.8 Å². The summed E-state index contributed by atoms with van der Waals surface area (Å²) in [4.78, 5) is 21.8. The number of aromatic nitrogens is 1. The monoisotopic (exact) mass is 519 g/mol. The van der Waals surface area contributed by atoms with Gasteiger partial charge in [0.1, 0.15) is 5.60 Å². The third-order valence-corrected chi connectivity index (χ3v) is 10.6. The van der Waals surface area contributed by atoms with Gasteiger partial charge in [0.25, 0.3) is 5.91 Å². The number of pyridine rings is 1. The number of carbonyl (C=O) groups excluding carboxylic acids is 1. The van der Waals surface area contributed by atoms with Gasteiger partial charge in [0, 0.05) is 29.4 Å². The van der Waals surface area contributed by atoms with Crippen molar-refractivity contribution in [1.82, 2.24) is 10.3 Å². The molecule has 204 valence electrons. The Hall–Kier alpha value is -2.69. The summed E-state index contributed by atoms with van der Waals surface area (Å²) < 4.78 is 0. The first-order chi connectivity index (χ1) is 18.1. The highest BCUT2D eigenvalue weighted by Gasteiger charge is 2.63. The van der Waals surface area contributed by atoms with E-state index in [4.69, 9.17) is 11.3 Å². The minimum Gasteiger partial charge on any atom is -0.387 e. The van der Waals surface area contributed by atoms with Crippen molar-refractivity contribution >= 4 is 11.6 Å². The van der Waals surface area contributed by atoms with Crippen LogP contribution in [0.1, 0.15) is 82.6 Å². The fourth-order valence-corrected chi connectivity index (χ4v) is 8.13. The summed E-state index contributed by atoms with van der Waals surface area (Å²) in [6.07, 6.45) is 16.6. The largest absolute Gasteiger partial charge is 0.387 e. The second kappa shape index (κ2) is 10.1. The molecule has 3 N–H and O–H groups in total. The number of nitrogens with zero attached hydrogens (tertiary/aromatic N) is 2. The van der Waals surface area contributed by atoms with Crippen LogP contribution in [-0.2, 0) is 9.63 Å². The van der Waals surface area contributed by atoms with E-state index in [2.05, 4.69) is 41.3 Å². The molecule has 7 nitrogen and oxygen atoms in total. The topological polar surface area (TPSA) is 104 Å². The van der Waals surface area contributed by atoms with E-state index in [0.717, 1.165) is 62.8 Å². The van der Waals surface area contributed by atoms with Gasteiger partial charge in [-0.05, 0) is 93.6 Å². The highest BCUT2D eigenvalue weighted by molar-refractivity contribution is 5.96. The number of aryl methyl sites for hydroxylation is 1. The number of aliphatic hydroxyl groups is 2. The van der Waals surface area contributed by atoms with E-state index in [9.17, 15) is 15.0 Å². The molecule has 5 rings (SSSR count). The first kappa shape index (κ1) is 26.9. The van der Waals surface area contributed by atoms with Crippen molar-refractivity contribution in [2.45, 2.75) is 83.8 Å². The number of carbonyl (C=O) groups is 1. The van der Waals surface area contributed by atoms with Gasteiger partial charge in [-0.15, -0.1) is 6.42 Å². The smallest absolute Gasteiger partial charge is 0.260 e. The van der Waals surface area contributed by atoms with Gasteiger partial charge in [-0.25, -0.2) is 0 Å². The summed E-state index contributed by atoms with van der Waals surface area (Å²) in [5.74, 6) is 4.13. The second-order valence-electron chi connectivity index (χ2n) is 12.4. The maximum Gasteiger partial charge on any atom is 0.260 e. The summed E-state index contributed by atoms with van der Waals surface area (Å²) in [6, 6.07) is 3.63. The summed E-state index contributed by atoms with van der Waals surface area (Å²) in [7, 11) is 0. The minimum atomic E-state index is -0.967. The van der Waals surface area contributed by atoms with Crippen molar-refractivity contribution in [2.24, 2.45) is 33.7 Å². The number of amides is 1. The summed E-state index contributed by atoms with van der Waals surface area (Å²) in [5, 5.41) is 28.4. The number of hydrogen-bond donors (Lipinski definition) is 3. The molecule has 0 spiro atoms. The van der Waals surface area contributed by atoms with Crippen molar-refractivity contribution in [3.8, 4) is 12.3 Å². The maximum absolute atomic E-state index is 12.2. The van der Waals surface area contributed by atoms with Gasteiger partial charge in [0.2, 0.25) is 0 Å². The Bertz CT molecular complexity index is 1170. The van der Waals surface area contributed by atoms with E-state index in [1.165, 1.54) is 5.57 Å². The highest BCUT2D eigenvalue weighted by atomic mass is 16.6. The maximum atomic E-state index is 12.2. The molecule has 0 radical (unpaired) electrons. The molecule has 0 bridgehead atoms. The molecule has 0 aromatic carbocycles. The van der Waals surface area contributed by atoms with Crippen LogP contribution in [0.2, 0.25) is 0 Å². The number of aliphatic hydroxyl groups excluding tert-OH is 1. The Balaban J connectivity index is 1.16. The Morgan fingerprint density at radius 3 is 2.76 bits per heavy atom. The van der Waals surface area contributed by atoms with E-state index < -0.39 is 11.7 Å². The number of oxime groups is 1. The van der Waals surface area contributed by atoms with Gasteiger partial charge in [-0.2, -0.15) is 0 Å². The highest BCUT2D eigenvalue weighted by Crippen LogP contribution is 2.67. The molecule has 0 unspecified atom stereocenters. The van der Waals surface area contributed by atoms with Gasteiger partial charge in [-0.1, -0.05) is 36.6 Å². The van der Waals surface area contributed by atoms with E-state index >= 15 is 0 Å². The van der Waals surface area contributed by atoms with E-state index in [-0.39, 0.29) is 29.9 Å². The first-order valence-electron chi connectivity index (χ1n) is 14.1.